The molecule has 0 aromatic heterocycles. The second-order valence-corrected chi connectivity index (χ2v) is 5.02. The van der Waals surface area contributed by atoms with Crippen LogP contribution < -0.4 is 20.1 Å². The molecule has 0 aliphatic carbocycles. The van der Waals surface area contributed by atoms with E-state index in [2.05, 4.69) is 33.5 Å². The molecule has 0 saturated carbocycles. The van der Waals surface area contributed by atoms with Crippen molar-refractivity contribution >= 4 is 21.8 Å². The number of nitrogens with one attached hydrogen (secondary N) is 2. The Hall–Kier alpha value is -1.27. The molecule has 1 aromatic carbocycles. The van der Waals surface area contributed by atoms with Crippen molar-refractivity contribution in [3.05, 3.63) is 22.2 Å². The highest BCUT2D eigenvalue weighted by molar-refractivity contribution is 9.10. The molecule has 1 amide bonds. The molecule has 0 heterocycles. The van der Waals surface area contributed by atoms with E-state index in [1.54, 1.807) is 14.2 Å². The third-order valence-corrected chi connectivity index (χ3v) is 3.31. The van der Waals surface area contributed by atoms with Crippen LogP contribution in [-0.4, -0.2) is 33.2 Å². The lowest BCUT2D eigenvalue weighted by Gasteiger charge is -2.14. The number of carbonyl (C=O) groups excluding carboxylic acids is 1. The van der Waals surface area contributed by atoms with Crippen LogP contribution in [0.25, 0.3) is 0 Å². The Balaban J connectivity index is 2.76. The molecule has 1 rings (SSSR count). The highest BCUT2D eigenvalue weighted by Crippen LogP contribution is 2.36. The van der Waals surface area contributed by atoms with E-state index in [0.717, 1.165) is 23.1 Å². The van der Waals surface area contributed by atoms with Crippen molar-refractivity contribution in [2.45, 2.75) is 19.9 Å². The fourth-order valence-electron chi connectivity index (χ4n) is 1.66. The van der Waals surface area contributed by atoms with Crippen molar-refractivity contribution in [2.24, 2.45) is 0 Å². The third-order valence-electron chi connectivity index (χ3n) is 2.72. The van der Waals surface area contributed by atoms with Gasteiger partial charge in [-0.1, -0.05) is 6.92 Å². The molecular weight excluding hydrogens is 324 g/mol. The summed E-state index contributed by atoms with van der Waals surface area (Å²) < 4.78 is 11.8. The Kier molecular flexibility index (Phi) is 7.40. The smallest absolute Gasteiger partial charge is 0.223 e. The van der Waals surface area contributed by atoms with Crippen molar-refractivity contribution < 1.29 is 14.3 Å². The van der Waals surface area contributed by atoms with Crippen LogP contribution in [0.1, 0.15) is 18.9 Å². The first-order valence-electron chi connectivity index (χ1n) is 6.52. The largest absolute Gasteiger partial charge is 0.493 e. The van der Waals surface area contributed by atoms with Crippen LogP contribution in [0.2, 0.25) is 0 Å². The van der Waals surface area contributed by atoms with Crippen LogP contribution in [0, 0.1) is 0 Å². The van der Waals surface area contributed by atoms with E-state index in [9.17, 15) is 4.79 Å². The maximum atomic E-state index is 11.2. The van der Waals surface area contributed by atoms with Crippen molar-refractivity contribution in [1.82, 2.24) is 10.6 Å². The zero-order valence-corrected chi connectivity index (χ0v) is 13.7. The Labute approximate surface area is 128 Å². The second-order valence-electron chi connectivity index (χ2n) is 4.16. The Morgan fingerprint density at radius 1 is 1.40 bits per heavy atom. The summed E-state index contributed by atoms with van der Waals surface area (Å²) in [6.07, 6.45) is 0.311. The molecule has 0 aliphatic rings. The highest BCUT2D eigenvalue weighted by atomic mass is 79.9. The molecule has 0 aliphatic heterocycles. The number of hydrogen-bond donors (Lipinski definition) is 2. The topological polar surface area (TPSA) is 59.6 Å². The molecule has 2 N–H and O–H groups in total. The van der Waals surface area contributed by atoms with E-state index in [0.29, 0.717) is 24.5 Å². The number of halogens is 1. The van der Waals surface area contributed by atoms with E-state index in [1.165, 1.54) is 0 Å². The van der Waals surface area contributed by atoms with Gasteiger partial charge in [-0.15, -0.1) is 0 Å². The van der Waals surface area contributed by atoms with E-state index < -0.39 is 0 Å². The van der Waals surface area contributed by atoms with E-state index in [4.69, 9.17) is 9.47 Å². The number of methoxy groups -OCH3 is 1. The molecule has 0 fully saturated rings. The van der Waals surface area contributed by atoms with Gasteiger partial charge in [0.05, 0.1) is 24.6 Å². The van der Waals surface area contributed by atoms with Gasteiger partial charge in [0, 0.05) is 13.6 Å². The van der Waals surface area contributed by atoms with Gasteiger partial charge >= 0.3 is 0 Å². The minimum Gasteiger partial charge on any atom is -0.493 e. The van der Waals surface area contributed by atoms with Crippen molar-refractivity contribution in [3.63, 3.8) is 0 Å². The van der Waals surface area contributed by atoms with Crippen LogP contribution in [0.5, 0.6) is 11.5 Å². The molecule has 0 unspecified atom stereocenters. The van der Waals surface area contributed by atoms with Crippen molar-refractivity contribution in [2.75, 3.05) is 27.3 Å². The summed E-state index contributed by atoms with van der Waals surface area (Å²) in [7, 11) is 3.21. The first-order chi connectivity index (χ1) is 9.62. The van der Waals surface area contributed by atoms with E-state index in [-0.39, 0.29) is 5.91 Å². The summed E-state index contributed by atoms with van der Waals surface area (Å²) in [5, 5.41) is 5.81. The number of carbonyl (C=O) groups is 1. The number of ether oxygens (including phenoxy) is 2. The van der Waals surface area contributed by atoms with Crippen molar-refractivity contribution in [3.8, 4) is 11.5 Å². The second kappa shape index (κ2) is 8.81. The van der Waals surface area contributed by atoms with E-state index in [1.807, 2.05) is 12.1 Å². The minimum absolute atomic E-state index is 0.0520. The molecule has 20 heavy (non-hydrogen) atoms. The summed E-state index contributed by atoms with van der Waals surface area (Å²) >= 11 is 3.48. The number of rotatable bonds is 8. The monoisotopic (exact) mass is 344 g/mol. The fourth-order valence-corrected chi connectivity index (χ4v) is 2.26. The fraction of sp³-hybridized carbons (Fsp3) is 0.500. The Morgan fingerprint density at radius 3 is 2.75 bits per heavy atom. The minimum atomic E-state index is -0.0520. The Morgan fingerprint density at radius 2 is 2.15 bits per heavy atom. The molecule has 0 atom stereocenters. The summed E-state index contributed by atoms with van der Waals surface area (Å²) in [5.41, 5.74) is 1.11. The molecule has 0 spiro atoms. The lowest BCUT2D eigenvalue weighted by molar-refractivity contribution is -0.121. The van der Waals surface area contributed by atoms with Crippen LogP contribution in [0.15, 0.2) is 16.6 Å². The average molecular weight is 345 g/mol. The van der Waals surface area contributed by atoms with Gasteiger partial charge in [0.15, 0.2) is 11.5 Å². The molecule has 0 saturated heterocycles. The predicted molar refractivity (Wildman–Crippen MR) is 82.3 cm³/mol. The quantitative estimate of drug-likeness (QED) is 0.757. The van der Waals surface area contributed by atoms with E-state index >= 15 is 0 Å². The first-order valence-corrected chi connectivity index (χ1v) is 7.32. The maximum Gasteiger partial charge on any atom is 0.223 e. The summed E-state index contributed by atoms with van der Waals surface area (Å²) in [6.45, 7) is 4.04. The van der Waals surface area contributed by atoms with Gasteiger partial charge in [-0.2, -0.15) is 0 Å². The summed E-state index contributed by atoms with van der Waals surface area (Å²) in [4.78, 5) is 11.2. The van der Waals surface area contributed by atoms with Gasteiger partial charge in [-0.25, -0.2) is 0 Å². The SMILES string of the molecule is CCNCc1cc(Br)c(OCCC(=O)NC)c(OC)c1. The van der Waals surface area contributed by atoms with Gasteiger partial charge in [0.2, 0.25) is 5.91 Å². The summed E-state index contributed by atoms with van der Waals surface area (Å²) in [5.74, 6) is 1.23. The highest BCUT2D eigenvalue weighted by Gasteiger charge is 2.12. The first kappa shape index (κ1) is 16.8. The molecule has 0 bridgehead atoms. The van der Waals surface area contributed by atoms with Crippen LogP contribution in [0.4, 0.5) is 0 Å². The molecule has 6 heteroatoms. The maximum absolute atomic E-state index is 11.2. The summed E-state index contributed by atoms with van der Waals surface area (Å²) in [6, 6.07) is 3.92. The standard InChI is InChI=1S/C14H21BrN2O3/c1-4-17-9-10-7-11(15)14(12(8-10)19-3)20-6-5-13(18)16-2/h7-8,17H,4-6,9H2,1-3H3,(H,16,18). The van der Waals surface area contributed by atoms with Gasteiger partial charge in [0.25, 0.3) is 0 Å². The van der Waals surface area contributed by atoms with Gasteiger partial charge < -0.3 is 20.1 Å². The van der Waals surface area contributed by atoms with Crippen LogP contribution in [0.3, 0.4) is 0 Å². The molecule has 5 nitrogen and oxygen atoms in total. The lowest BCUT2D eigenvalue weighted by Crippen LogP contribution is -2.20. The van der Waals surface area contributed by atoms with Crippen LogP contribution >= 0.6 is 15.9 Å². The van der Waals surface area contributed by atoms with Crippen LogP contribution in [-0.2, 0) is 11.3 Å². The molecular formula is C14H21BrN2O3. The number of benzene rings is 1. The predicted octanol–water partition coefficient (Wildman–Crippen LogP) is 2.08. The average Bonchev–Trinajstić information content (AvgIpc) is 2.46. The molecule has 0 radical (unpaired) electrons. The molecule has 1 aromatic rings. The third kappa shape index (κ3) is 5.02. The zero-order chi connectivity index (χ0) is 15.0. The molecule has 112 valence electrons. The van der Waals surface area contributed by atoms with Crippen molar-refractivity contribution in [1.29, 1.82) is 0 Å². The number of hydrogen-bond acceptors (Lipinski definition) is 4. The van der Waals surface area contributed by atoms with Gasteiger partial charge in [-0.3, -0.25) is 4.79 Å². The van der Waals surface area contributed by atoms with Gasteiger partial charge in [-0.05, 0) is 40.2 Å². The zero-order valence-electron chi connectivity index (χ0n) is 12.1. The lowest BCUT2D eigenvalue weighted by atomic mass is 10.2. The normalized spacial score (nSPS) is 10.2. The van der Waals surface area contributed by atoms with Gasteiger partial charge in [0.1, 0.15) is 0 Å². The Bertz CT molecular complexity index is 452. The number of amides is 1.